The summed E-state index contributed by atoms with van der Waals surface area (Å²) < 4.78 is 0. The Balaban J connectivity index is 2.72. The molecule has 1 aromatic carbocycles. The van der Waals surface area contributed by atoms with Crippen molar-refractivity contribution in [3.63, 3.8) is 0 Å². The van der Waals surface area contributed by atoms with Gasteiger partial charge in [-0.1, -0.05) is 26.0 Å². The van der Waals surface area contributed by atoms with Gasteiger partial charge in [0.2, 0.25) is 0 Å². The Kier molecular flexibility index (Phi) is 2.24. The standard InChI is InChI=1S/C13H15N/c1-9(2)12-7-10(3)13-11(8-12)5-4-6-14-13/h4-9H,1-3H3. The number of nitrogens with zero attached hydrogens (tertiary/aromatic N) is 1. The number of benzene rings is 1. The van der Waals surface area contributed by atoms with Gasteiger partial charge < -0.3 is 0 Å². The van der Waals surface area contributed by atoms with E-state index in [2.05, 4.69) is 44.0 Å². The minimum absolute atomic E-state index is 0.582. The van der Waals surface area contributed by atoms with E-state index in [0.29, 0.717) is 5.92 Å². The second kappa shape index (κ2) is 3.41. The van der Waals surface area contributed by atoms with Gasteiger partial charge in [0.05, 0.1) is 5.52 Å². The Labute approximate surface area is 84.8 Å². The first kappa shape index (κ1) is 9.20. The SMILES string of the molecule is Cc1cc(C(C)C)cc2cccnc12. The minimum Gasteiger partial charge on any atom is -0.256 e. The molecule has 0 bridgehead atoms. The van der Waals surface area contributed by atoms with Crippen molar-refractivity contribution in [3.05, 3.63) is 41.6 Å². The van der Waals surface area contributed by atoms with Gasteiger partial charge in [0.1, 0.15) is 0 Å². The maximum Gasteiger partial charge on any atom is 0.0731 e. The molecule has 72 valence electrons. The van der Waals surface area contributed by atoms with Gasteiger partial charge in [-0.05, 0) is 36.1 Å². The Morgan fingerprint density at radius 3 is 2.71 bits per heavy atom. The van der Waals surface area contributed by atoms with Crippen LogP contribution in [0.2, 0.25) is 0 Å². The number of aryl methyl sites for hydroxylation is 1. The van der Waals surface area contributed by atoms with E-state index in [1.165, 1.54) is 16.5 Å². The van der Waals surface area contributed by atoms with Gasteiger partial charge in [-0.15, -0.1) is 0 Å². The van der Waals surface area contributed by atoms with E-state index < -0.39 is 0 Å². The lowest BCUT2D eigenvalue weighted by atomic mass is 9.98. The van der Waals surface area contributed by atoms with E-state index in [1.54, 1.807) is 0 Å². The van der Waals surface area contributed by atoms with E-state index in [1.807, 2.05) is 12.3 Å². The van der Waals surface area contributed by atoms with Crippen molar-refractivity contribution in [1.29, 1.82) is 0 Å². The molecule has 0 aliphatic rings. The van der Waals surface area contributed by atoms with Crippen molar-refractivity contribution in [3.8, 4) is 0 Å². The van der Waals surface area contributed by atoms with Gasteiger partial charge >= 0.3 is 0 Å². The molecule has 0 unspecified atom stereocenters. The second-order valence-electron chi connectivity index (χ2n) is 4.07. The number of hydrogen-bond donors (Lipinski definition) is 0. The Bertz CT molecular complexity index is 458. The summed E-state index contributed by atoms with van der Waals surface area (Å²) in [7, 11) is 0. The zero-order valence-corrected chi connectivity index (χ0v) is 8.91. The molecule has 1 nitrogen and oxygen atoms in total. The molecule has 1 heteroatoms. The van der Waals surface area contributed by atoms with Crippen molar-refractivity contribution in [1.82, 2.24) is 4.98 Å². The third kappa shape index (κ3) is 1.50. The van der Waals surface area contributed by atoms with Crippen molar-refractivity contribution >= 4 is 10.9 Å². The fourth-order valence-corrected chi connectivity index (χ4v) is 1.74. The minimum atomic E-state index is 0.582. The summed E-state index contributed by atoms with van der Waals surface area (Å²) >= 11 is 0. The highest BCUT2D eigenvalue weighted by Crippen LogP contribution is 2.23. The maximum absolute atomic E-state index is 4.38. The van der Waals surface area contributed by atoms with E-state index in [4.69, 9.17) is 0 Å². The number of hydrogen-bond acceptors (Lipinski definition) is 1. The van der Waals surface area contributed by atoms with Crippen LogP contribution in [0.3, 0.4) is 0 Å². The summed E-state index contributed by atoms with van der Waals surface area (Å²) in [5.74, 6) is 0.582. The quantitative estimate of drug-likeness (QED) is 0.660. The van der Waals surface area contributed by atoms with Crippen LogP contribution in [0.1, 0.15) is 30.9 Å². The third-order valence-corrected chi connectivity index (χ3v) is 2.58. The van der Waals surface area contributed by atoms with E-state index in [9.17, 15) is 0 Å². The van der Waals surface area contributed by atoms with Crippen molar-refractivity contribution in [2.24, 2.45) is 0 Å². The van der Waals surface area contributed by atoms with Crippen molar-refractivity contribution in [2.45, 2.75) is 26.7 Å². The number of aromatic nitrogens is 1. The molecule has 0 radical (unpaired) electrons. The Hall–Kier alpha value is -1.37. The van der Waals surface area contributed by atoms with Gasteiger partial charge in [-0.2, -0.15) is 0 Å². The molecule has 0 saturated carbocycles. The first-order valence-electron chi connectivity index (χ1n) is 5.04. The molecule has 0 atom stereocenters. The van der Waals surface area contributed by atoms with Crippen molar-refractivity contribution < 1.29 is 0 Å². The van der Waals surface area contributed by atoms with Crippen LogP contribution in [-0.2, 0) is 0 Å². The first-order chi connectivity index (χ1) is 6.68. The third-order valence-electron chi connectivity index (χ3n) is 2.58. The topological polar surface area (TPSA) is 12.9 Å². The summed E-state index contributed by atoms with van der Waals surface area (Å²) in [6.07, 6.45) is 1.85. The van der Waals surface area contributed by atoms with Crippen molar-refractivity contribution in [2.75, 3.05) is 0 Å². The van der Waals surface area contributed by atoms with Gasteiger partial charge in [-0.3, -0.25) is 4.98 Å². The molecule has 1 aromatic heterocycles. The highest BCUT2D eigenvalue weighted by molar-refractivity contribution is 5.82. The lowest BCUT2D eigenvalue weighted by molar-refractivity contribution is 0.867. The molecular weight excluding hydrogens is 170 g/mol. The summed E-state index contributed by atoms with van der Waals surface area (Å²) in [6, 6.07) is 8.59. The lowest BCUT2D eigenvalue weighted by Crippen LogP contribution is -1.90. The fraction of sp³-hybridized carbons (Fsp3) is 0.308. The van der Waals surface area contributed by atoms with E-state index in [-0.39, 0.29) is 0 Å². The summed E-state index contributed by atoms with van der Waals surface area (Å²) in [5, 5.41) is 1.25. The zero-order valence-electron chi connectivity index (χ0n) is 8.91. The van der Waals surface area contributed by atoms with Crippen LogP contribution in [-0.4, -0.2) is 4.98 Å². The van der Waals surface area contributed by atoms with Gasteiger partial charge in [0, 0.05) is 11.6 Å². The predicted molar refractivity (Wildman–Crippen MR) is 60.6 cm³/mol. The first-order valence-corrected chi connectivity index (χ1v) is 5.04. The highest BCUT2D eigenvalue weighted by Gasteiger charge is 2.03. The summed E-state index contributed by atoms with van der Waals surface area (Å²) in [5.41, 5.74) is 3.78. The molecular formula is C13H15N. The lowest BCUT2D eigenvalue weighted by Gasteiger charge is -2.08. The Morgan fingerprint density at radius 1 is 1.21 bits per heavy atom. The van der Waals surface area contributed by atoms with E-state index in [0.717, 1.165) is 5.52 Å². The molecule has 14 heavy (non-hydrogen) atoms. The van der Waals surface area contributed by atoms with Crippen LogP contribution >= 0.6 is 0 Å². The zero-order chi connectivity index (χ0) is 10.1. The molecule has 1 heterocycles. The van der Waals surface area contributed by atoms with E-state index >= 15 is 0 Å². The summed E-state index contributed by atoms with van der Waals surface area (Å²) in [4.78, 5) is 4.38. The largest absolute Gasteiger partial charge is 0.256 e. The molecule has 0 aliphatic heterocycles. The summed E-state index contributed by atoms with van der Waals surface area (Å²) in [6.45, 7) is 6.56. The number of pyridine rings is 1. The highest BCUT2D eigenvalue weighted by atomic mass is 14.6. The van der Waals surface area contributed by atoms with Crippen LogP contribution in [0.15, 0.2) is 30.5 Å². The molecule has 0 saturated heterocycles. The molecule has 0 spiro atoms. The second-order valence-corrected chi connectivity index (χ2v) is 4.07. The normalized spacial score (nSPS) is 11.1. The monoisotopic (exact) mass is 185 g/mol. The molecule has 0 aliphatic carbocycles. The maximum atomic E-state index is 4.38. The molecule has 0 fully saturated rings. The Morgan fingerprint density at radius 2 is 2.00 bits per heavy atom. The van der Waals surface area contributed by atoms with Gasteiger partial charge in [0.25, 0.3) is 0 Å². The average Bonchev–Trinajstić information content (AvgIpc) is 2.17. The fourth-order valence-electron chi connectivity index (χ4n) is 1.74. The van der Waals surface area contributed by atoms with Gasteiger partial charge in [0.15, 0.2) is 0 Å². The molecule has 2 rings (SSSR count). The molecule has 2 aromatic rings. The average molecular weight is 185 g/mol. The molecule has 0 N–H and O–H groups in total. The van der Waals surface area contributed by atoms with Crippen LogP contribution in [0.4, 0.5) is 0 Å². The smallest absolute Gasteiger partial charge is 0.0731 e. The van der Waals surface area contributed by atoms with Crippen LogP contribution < -0.4 is 0 Å². The van der Waals surface area contributed by atoms with Crippen LogP contribution in [0, 0.1) is 6.92 Å². The van der Waals surface area contributed by atoms with Crippen LogP contribution in [0.25, 0.3) is 10.9 Å². The van der Waals surface area contributed by atoms with Crippen LogP contribution in [0.5, 0.6) is 0 Å². The van der Waals surface area contributed by atoms with Gasteiger partial charge in [-0.25, -0.2) is 0 Å². The predicted octanol–water partition coefficient (Wildman–Crippen LogP) is 3.67. The number of rotatable bonds is 1. The molecule has 0 amide bonds. The number of fused-ring (bicyclic) bond motifs is 1.